The Labute approximate surface area is 79.5 Å². The maximum atomic E-state index is 8.88. The summed E-state index contributed by atoms with van der Waals surface area (Å²) in [5.74, 6) is 0. The van der Waals surface area contributed by atoms with E-state index in [2.05, 4.69) is 6.92 Å². The molecule has 0 saturated carbocycles. The van der Waals surface area contributed by atoms with Gasteiger partial charge in [0.1, 0.15) is 6.10 Å². The maximum Gasteiger partial charge on any atom is 0.100 e. The molecular formula is C9H20O4. The fourth-order valence-electron chi connectivity index (χ4n) is 0.738. The fourth-order valence-corrected chi connectivity index (χ4v) is 0.738. The zero-order valence-corrected chi connectivity index (χ0v) is 8.24. The van der Waals surface area contributed by atoms with Gasteiger partial charge in [0, 0.05) is 6.61 Å². The Morgan fingerprint density at radius 2 is 1.85 bits per heavy atom. The van der Waals surface area contributed by atoms with Crippen molar-refractivity contribution in [1.82, 2.24) is 0 Å². The lowest BCUT2D eigenvalue weighted by Crippen LogP contribution is -2.20. The first-order valence-electron chi connectivity index (χ1n) is 4.75. The highest BCUT2D eigenvalue weighted by molar-refractivity contribution is 4.48. The van der Waals surface area contributed by atoms with Crippen molar-refractivity contribution in [3.8, 4) is 0 Å². The SMILES string of the molecule is CCCCOCCOC[C@H](O)CO. The minimum Gasteiger partial charge on any atom is -0.394 e. The van der Waals surface area contributed by atoms with Crippen molar-refractivity contribution in [2.75, 3.05) is 33.0 Å². The van der Waals surface area contributed by atoms with Gasteiger partial charge in [0.25, 0.3) is 0 Å². The first-order chi connectivity index (χ1) is 6.31. The monoisotopic (exact) mass is 192 g/mol. The molecule has 0 aromatic carbocycles. The average Bonchev–Trinajstić information content (AvgIpc) is 2.16. The Hall–Kier alpha value is -0.160. The van der Waals surface area contributed by atoms with Gasteiger partial charge in [-0.3, -0.25) is 0 Å². The van der Waals surface area contributed by atoms with Crippen molar-refractivity contribution in [3.05, 3.63) is 0 Å². The molecule has 0 aliphatic heterocycles. The van der Waals surface area contributed by atoms with Crippen molar-refractivity contribution < 1.29 is 19.7 Å². The molecule has 0 heterocycles. The maximum absolute atomic E-state index is 8.88. The van der Waals surface area contributed by atoms with E-state index < -0.39 is 6.10 Å². The number of hydrogen-bond acceptors (Lipinski definition) is 4. The number of hydrogen-bond donors (Lipinski definition) is 2. The molecule has 0 spiro atoms. The summed E-state index contributed by atoms with van der Waals surface area (Å²) >= 11 is 0. The Morgan fingerprint density at radius 1 is 1.15 bits per heavy atom. The van der Waals surface area contributed by atoms with Gasteiger partial charge in [0.05, 0.1) is 26.4 Å². The van der Waals surface area contributed by atoms with Gasteiger partial charge in [0.15, 0.2) is 0 Å². The number of rotatable bonds is 9. The van der Waals surface area contributed by atoms with Crippen molar-refractivity contribution >= 4 is 0 Å². The summed E-state index contributed by atoms with van der Waals surface area (Å²) in [6, 6.07) is 0. The molecule has 80 valence electrons. The molecule has 0 radical (unpaired) electrons. The summed E-state index contributed by atoms with van der Waals surface area (Å²) in [7, 11) is 0. The quantitative estimate of drug-likeness (QED) is 0.511. The van der Waals surface area contributed by atoms with Crippen LogP contribution < -0.4 is 0 Å². The molecule has 0 rings (SSSR count). The lowest BCUT2D eigenvalue weighted by molar-refractivity contribution is -0.0149. The fraction of sp³-hybridized carbons (Fsp3) is 1.00. The van der Waals surface area contributed by atoms with E-state index in [-0.39, 0.29) is 13.2 Å². The molecule has 1 atom stereocenters. The zero-order chi connectivity index (χ0) is 9.94. The normalized spacial score (nSPS) is 13.2. The molecule has 2 N–H and O–H groups in total. The minimum absolute atomic E-state index is 0.174. The van der Waals surface area contributed by atoms with Crippen LogP contribution in [0.25, 0.3) is 0 Å². The molecule has 0 fully saturated rings. The van der Waals surface area contributed by atoms with Crippen LogP contribution in [0.15, 0.2) is 0 Å². The molecule has 0 aromatic heterocycles. The van der Waals surface area contributed by atoms with Gasteiger partial charge in [-0.1, -0.05) is 13.3 Å². The van der Waals surface area contributed by atoms with Crippen LogP contribution in [0.4, 0.5) is 0 Å². The summed E-state index contributed by atoms with van der Waals surface area (Å²) in [4.78, 5) is 0. The van der Waals surface area contributed by atoms with E-state index in [1.807, 2.05) is 0 Å². The van der Waals surface area contributed by atoms with E-state index in [0.717, 1.165) is 19.4 Å². The second-order valence-corrected chi connectivity index (χ2v) is 2.88. The third-order valence-electron chi connectivity index (χ3n) is 1.54. The van der Waals surface area contributed by atoms with Crippen LogP contribution in [0.3, 0.4) is 0 Å². The van der Waals surface area contributed by atoms with E-state index in [9.17, 15) is 0 Å². The van der Waals surface area contributed by atoms with Crippen LogP contribution in [0.1, 0.15) is 19.8 Å². The summed E-state index contributed by atoms with van der Waals surface area (Å²) in [5.41, 5.74) is 0. The van der Waals surface area contributed by atoms with Gasteiger partial charge in [-0.2, -0.15) is 0 Å². The van der Waals surface area contributed by atoms with E-state index in [1.165, 1.54) is 0 Å². The van der Waals surface area contributed by atoms with Gasteiger partial charge >= 0.3 is 0 Å². The van der Waals surface area contributed by atoms with Crippen LogP contribution in [0.2, 0.25) is 0 Å². The largest absolute Gasteiger partial charge is 0.394 e. The highest BCUT2D eigenvalue weighted by Crippen LogP contribution is 1.88. The first-order valence-corrected chi connectivity index (χ1v) is 4.75. The summed E-state index contributed by atoms with van der Waals surface area (Å²) in [6.07, 6.45) is 1.43. The van der Waals surface area contributed by atoms with E-state index in [4.69, 9.17) is 19.7 Å². The molecule has 4 nitrogen and oxygen atoms in total. The van der Waals surface area contributed by atoms with Crippen LogP contribution in [-0.4, -0.2) is 49.4 Å². The number of aliphatic hydroxyl groups is 2. The standard InChI is InChI=1S/C9H20O4/c1-2-3-4-12-5-6-13-8-9(11)7-10/h9-11H,2-8H2,1H3/t9-/m1/s1. The molecule has 13 heavy (non-hydrogen) atoms. The van der Waals surface area contributed by atoms with Gasteiger partial charge in [-0.25, -0.2) is 0 Å². The lowest BCUT2D eigenvalue weighted by atomic mass is 10.4. The van der Waals surface area contributed by atoms with E-state index >= 15 is 0 Å². The molecule has 0 bridgehead atoms. The topological polar surface area (TPSA) is 58.9 Å². The molecule has 0 aliphatic carbocycles. The average molecular weight is 192 g/mol. The van der Waals surface area contributed by atoms with Crippen LogP contribution in [-0.2, 0) is 9.47 Å². The summed E-state index contributed by atoms with van der Waals surface area (Å²) in [6.45, 7) is 3.82. The Morgan fingerprint density at radius 3 is 2.46 bits per heavy atom. The Balaban J connectivity index is 2.91. The molecule has 0 unspecified atom stereocenters. The molecule has 0 aliphatic rings. The van der Waals surface area contributed by atoms with Gasteiger partial charge < -0.3 is 19.7 Å². The highest BCUT2D eigenvalue weighted by Gasteiger charge is 2.00. The molecule has 0 saturated heterocycles. The van der Waals surface area contributed by atoms with Crippen molar-refractivity contribution in [3.63, 3.8) is 0 Å². The third-order valence-corrected chi connectivity index (χ3v) is 1.54. The predicted octanol–water partition coefficient (Wildman–Crippen LogP) is 0.173. The molecule has 0 aromatic rings. The highest BCUT2D eigenvalue weighted by atomic mass is 16.5. The molecule has 0 amide bonds. The zero-order valence-electron chi connectivity index (χ0n) is 8.24. The van der Waals surface area contributed by atoms with Crippen LogP contribution >= 0.6 is 0 Å². The smallest absolute Gasteiger partial charge is 0.100 e. The summed E-state index contributed by atoms with van der Waals surface area (Å²) < 4.78 is 10.3. The van der Waals surface area contributed by atoms with Crippen molar-refractivity contribution in [1.29, 1.82) is 0 Å². The Bertz CT molecular complexity index is 97.6. The van der Waals surface area contributed by atoms with Crippen molar-refractivity contribution in [2.45, 2.75) is 25.9 Å². The van der Waals surface area contributed by atoms with Crippen molar-refractivity contribution in [2.24, 2.45) is 0 Å². The molecule has 4 heteroatoms. The number of unbranched alkanes of at least 4 members (excludes halogenated alkanes) is 1. The number of ether oxygens (including phenoxy) is 2. The van der Waals surface area contributed by atoms with Crippen LogP contribution in [0.5, 0.6) is 0 Å². The predicted molar refractivity (Wildman–Crippen MR) is 49.6 cm³/mol. The van der Waals surface area contributed by atoms with Crippen LogP contribution in [0, 0.1) is 0 Å². The van der Waals surface area contributed by atoms with E-state index in [0.29, 0.717) is 13.2 Å². The lowest BCUT2D eigenvalue weighted by Gasteiger charge is -2.08. The third kappa shape index (κ3) is 9.76. The first kappa shape index (κ1) is 12.8. The Kier molecular flexibility index (Phi) is 9.80. The molecular weight excluding hydrogens is 172 g/mol. The summed E-state index contributed by atoms with van der Waals surface area (Å²) in [5, 5.41) is 17.3. The number of aliphatic hydroxyl groups excluding tert-OH is 2. The second kappa shape index (κ2) is 9.92. The van der Waals surface area contributed by atoms with Gasteiger partial charge in [0.2, 0.25) is 0 Å². The van der Waals surface area contributed by atoms with Gasteiger partial charge in [-0.05, 0) is 6.42 Å². The van der Waals surface area contributed by atoms with Gasteiger partial charge in [-0.15, -0.1) is 0 Å². The second-order valence-electron chi connectivity index (χ2n) is 2.88. The minimum atomic E-state index is -0.768. The van der Waals surface area contributed by atoms with E-state index in [1.54, 1.807) is 0 Å².